The highest BCUT2D eigenvalue weighted by atomic mass is 15.3. The molecule has 1 aliphatic carbocycles. The average Bonchev–Trinajstić information content (AvgIpc) is 3.78. The standard InChI is InChI=1S/C44H38N4/c1-43(2,3)31-26-41(44(30-14-6-5-7-15-30)37-19-11-8-16-33(37)34-17-9-12-20-38(34)44)45-42(27-31)48-39-21-13-10-18-35(39)36-23-22-32(28-40(36)48)47-25-24-46(4)29-47/h5-28H,29H2,1-4H3. The van der Waals surface area contributed by atoms with E-state index in [1.165, 1.54) is 49.8 Å². The van der Waals surface area contributed by atoms with Crippen molar-refractivity contribution in [2.24, 2.45) is 0 Å². The van der Waals surface area contributed by atoms with Gasteiger partial charge in [0, 0.05) is 35.9 Å². The summed E-state index contributed by atoms with van der Waals surface area (Å²) in [6.07, 6.45) is 4.28. The Morgan fingerprint density at radius 1 is 0.625 bits per heavy atom. The predicted octanol–water partition coefficient (Wildman–Crippen LogP) is 10.0. The number of benzene rings is 5. The smallest absolute Gasteiger partial charge is 0.138 e. The molecule has 48 heavy (non-hydrogen) atoms. The lowest BCUT2D eigenvalue weighted by Crippen LogP contribution is -2.31. The van der Waals surface area contributed by atoms with Crippen LogP contribution in [0.25, 0.3) is 38.8 Å². The van der Waals surface area contributed by atoms with Crippen LogP contribution < -0.4 is 4.90 Å². The van der Waals surface area contributed by atoms with Gasteiger partial charge in [0.2, 0.25) is 0 Å². The molecule has 2 aromatic heterocycles. The molecule has 9 rings (SSSR count). The Morgan fingerprint density at radius 3 is 1.96 bits per heavy atom. The van der Waals surface area contributed by atoms with E-state index < -0.39 is 5.41 Å². The average molecular weight is 623 g/mol. The van der Waals surface area contributed by atoms with E-state index in [2.05, 4.69) is 188 Å². The third-order valence-electron chi connectivity index (χ3n) is 10.3. The van der Waals surface area contributed by atoms with Crippen molar-refractivity contribution < 1.29 is 0 Å². The lowest BCUT2D eigenvalue weighted by atomic mass is 9.69. The number of para-hydroxylation sites is 1. The van der Waals surface area contributed by atoms with Gasteiger partial charge in [0.25, 0.3) is 0 Å². The minimum Gasteiger partial charge on any atom is -0.361 e. The van der Waals surface area contributed by atoms with Crippen LogP contribution >= 0.6 is 0 Å². The Balaban J connectivity index is 1.39. The summed E-state index contributed by atoms with van der Waals surface area (Å²) in [6, 6.07) is 49.1. The number of fused-ring (bicyclic) bond motifs is 6. The molecule has 0 N–H and O–H groups in total. The van der Waals surface area contributed by atoms with Crippen LogP contribution in [-0.4, -0.2) is 28.2 Å². The number of hydrogen-bond donors (Lipinski definition) is 0. The first kappa shape index (κ1) is 28.6. The van der Waals surface area contributed by atoms with Crippen molar-refractivity contribution in [3.05, 3.63) is 174 Å². The van der Waals surface area contributed by atoms with E-state index in [9.17, 15) is 0 Å². The normalized spacial score (nSPS) is 15.0. The van der Waals surface area contributed by atoms with Gasteiger partial charge < -0.3 is 9.80 Å². The quantitative estimate of drug-likeness (QED) is 0.195. The molecule has 0 amide bonds. The maximum absolute atomic E-state index is 5.78. The van der Waals surface area contributed by atoms with E-state index in [0.717, 1.165) is 29.2 Å². The van der Waals surface area contributed by atoms with E-state index in [4.69, 9.17) is 4.98 Å². The van der Waals surface area contributed by atoms with Crippen molar-refractivity contribution >= 4 is 27.5 Å². The third-order valence-corrected chi connectivity index (χ3v) is 10.3. The van der Waals surface area contributed by atoms with Crippen molar-refractivity contribution in [1.82, 2.24) is 14.5 Å². The van der Waals surface area contributed by atoms with Crippen LogP contribution in [0.3, 0.4) is 0 Å². The zero-order chi connectivity index (χ0) is 32.6. The van der Waals surface area contributed by atoms with Crippen LogP contribution in [0, 0.1) is 0 Å². The van der Waals surface area contributed by atoms with Crippen molar-refractivity contribution in [2.75, 3.05) is 18.6 Å². The fourth-order valence-electron chi connectivity index (χ4n) is 7.99. The van der Waals surface area contributed by atoms with Gasteiger partial charge in [-0.05, 0) is 69.1 Å². The van der Waals surface area contributed by atoms with Crippen molar-refractivity contribution in [1.29, 1.82) is 0 Å². The van der Waals surface area contributed by atoms with E-state index >= 15 is 0 Å². The summed E-state index contributed by atoms with van der Waals surface area (Å²) in [6.45, 7) is 7.75. The van der Waals surface area contributed by atoms with Gasteiger partial charge in [0.15, 0.2) is 0 Å². The second kappa shape index (κ2) is 10.4. The molecule has 0 radical (unpaired) electrons. The number of pyridine rings is 1. The molecule has 0 fully saturated rings. The minimum atomic E-state index is -0.584. The van der Waals surface area contributed by atoms with Crippen LogP contribution in [0.4, 0.5) is 5.69 Å². The van der Waals surface area contributed by atoms with Crippen LogP contribution in [-0.2, 0) is 10.8 Å². The fraction of sp³-hybridized carbons (Fsp3) is 0.159. The molecular weight excluding hydrogens is 585 g/mol. The molecule has 3 heterocycles. The SMILES string of the molecule is CN1C=CN(c2ccc3c4ccccc4n(-c4cc(C(C)(C)C)cc(C5(c6ccccc6)c6ccccc6-c6ccccc65)n4)c3c2)C1. The zero-order valence-corrected chi connectivity index (χ0v) is 27.9. The van der Waals surface area contributed by atoms with Gasteiger partial charge in [-0.2, -0.15) is 0 Å². The molecule has 0 saturated carbocycles. The van der Waals surface area contributed by atoms with E-state index in [-0.39, 0.29) is 5.41 Å². The molecule has 0 saturated heterocycles. The van der Waals surface area contributed by atoms with Gasteiger partial charge in [-0.15, -0.1) is 0 Å². The first-order chi connectivity index (χ1) is 23.3. The Labute approximate surface area is 282 Å². The molecule has 0 bridgehead atoms. The first-order valence-corrected chi connectivity index (χ1v) is 16.8. The van der Waals surface area contributed by atoms with Gasteiger partial charge in [-0.1, -0.05) is 124 Å². The van der Waals surface area contributed by atoms with Crippen LogP contribution in [0.15, 0.2) is 146 Å². The topological polar surface area (TPSA) is 24.3 Å². The molecule has 5 aromatic carbocycles. The van der Waals surface area contributed by atoms with Crippen LogP contribution in [0.5, 0.6) is 0 Å². The fourth-order valence-corrected chi connectivity index (χ4v) is 7.99. The highest BCUT2D eigenvalue weighted by molar-refractivity contribution is 6.10. The molecule has 0 unspecified atom stereocenters. The van der Waals surface area contributed by atoms with E-state index in [1.54, 1.807) is 0 Å². The molecule has 234 valence electrons. The summed E-state index contributed by atoms with van der Waals surface area (Å²) in [4.78, 5) is 10.3. The molecule has 0 spiro atoms. The first-order valence-electron chi connectivity index (χ1n) is 16.8. The monoisotopic (exact) mass is 622 g/mol. The Bertz CT molecular complexity index is 2350. The number of aromatic nitrogens is 2. The molecule has 0 atom stereocenters. The lowest BCUT2D eigenvalue weighted by molar-refractivity contribution is 0.496. The Hall–Kier alpha value is -5.61. The summed E-state index contributed by atoms with van der Waals surface area (Å²) in [5.74, 6) is 0.937. The van der Waals surface area contributed by atoms with Crippen molar-refractivity contribution in [3.63, 3.8) is 0 Å². The second-order valence-electron chi connectivity index (χ2n) is 14.3. The summed E-state index contributed by atoms with van der Waals surface area (Å²) < 4.78 is 2.39. The maximum Gasteiger partial charge on any atom is 0.138 e. The van der Waals surface area contributed by atoms with Gasteiger partial charge in [-0.3, -0.25) is 4.57 Å². The van der Waals surface area contributed by atoms with E-state index in [0.29, 0.717) is 0 Å². The Kier molecular flexibility index (Phi) is 6.23. The van der Waals surface area contributed by atoms with Gasteiger partial charge in [-0.25, -0.2) is 4.98 Å². The molecule has 7 aromatic rings. The summed E-state index contributed by atoms with van der Waals surface area (Å²) >= 11 is 0. The highest BCUT2D eigenvalue weighted by Crippen LogP contribution is 2.56. The van der Waals surface area contributed by atoms with Crippen molar-refractivity contribution in [3.8, 4) is 16.9 Å². The largest absolute Gasteiger partial charge is 0.361 e. The van der Waals surface area contributed by atoms with E-state index in [1.807, 2.05) is 0 Å². The van der Waals surface area contributed by atoms with Gasteiger partial charge in [0.1, 0.15) is 5.82 Å². The van der Waals surface area contributed by atoms with Crippen LogP contribution in [0.2, 0.25) is 0 Å². The number of anilines is 1. The number of rotatable bonds is 4. The number of hydrogen-bond acceptors (Lipinski definition) is 3. The molecule has 2 aliphatic rings. The number of nitrogens with zero attached hydrogens (tertiary/aromatic N) is 4. The predicted molar refractivity (Wildman–Crippen MR) is 199 cm³/mol. The zero-order valence-electron chi connectivity index (χ0n) is 27.9. The third kappa shape index (κ3) is 4.12. The maximum atomic E-state index is 5.78. The second-order valence-corrected chi connectivity index (χ2v) is 14.3. The Morgan fingerprint density at radius 2 is 1.27 bits per heavy atom. The summed E-state index contributed by atoms with van der Waals surface area (Å²) in [7, 11) is 2.11. The molecule has 4 heteroatoms. The minimum absolute atomic E-state index is 0.114. The van der Waals surface area contributed by atoms with Crippen LogP contribution in [0.1, 0.15) is 48.7 Å². The lowest BCUT2D eigenvalue weighted by Gasteiger charge is -2.34. The molecule has 1 aliphatic heterocycles. The molecule has 4 nitrogen and oxygen atoms in total. The molecular formula is C44H38N4. The summed E-state index contributed by atoms with van der Waals surface area (Å²) in [5, 5.41) is 2.46. The highest BCUT2D eigenvalue weighted by Gasteiger charge is 2.47. The van der Waals surface area contributed by atoms with Gasteiger partial charge in [0.05, 0.1) is 28.8 Å². The van der Waals surface area contributed by atoms with Crippen molar-refractivity contribution in [2.45, 2.75) is 31.6 Å². The summed E-state index contributed by atoms with van der Waals surface area (Å²) in [5.41, 5.74) is 11.4. The van der Waals surface area contributed by atoms with Gasteiger partial charge >= 0.3 is 0 Å².